The standard InChI is InChI=1S/C21H22FN3OS/c1-4-13-25-19-8-6-5-7-18(19)24-21(25)27-15(3)20(26)23-14(2)16-9-11-17(22)12-10-16/h4-12,14-15H,1,13H2,2-3H3,(H,23,26)/t14-,15-/m0/s1. The van der Waals surface area contributed by atoms with Crippen LogP contribution in [0.25, 0.3) is 11.0 Å². The number of halogens is 1. The first-order valence-electron chi connectivity index (χ1n) is 8.78. The van der Waals surface area contributed by atoms with E-state index < -0.39 is 0 Å². The lowest BCUT2D eigenvalue weighted by Crippen LogP contribution is -2.33. The average molecular weight is 383 g/mol. The molecule has 0 saturated carbocycles. The molecule has 4 nitrogen and oxygen atoms in total. The molecule has 0 aliphatic carbocycles. The van der Waals surface area contributed by atoms with Crippen LogP contribution in [0.5, 0.6) is 0 Å². The van der Waals surface area contributed by atoms with Crippen LogP contribution in [0.3, 0.4) is 0 Å². The fourth-order valence-corrected chi connectivity index (χ4v) is 3.77. The van der Waals surface area contributed by atoms with Gasteiger partial charge in [-0.3, -0.25) is 4.79 Å². The van der Waals surface area contributed by atoms with Gasteiger partial charge in [0.25, 0.3) is 0 Å². The van der Waals surface area contributed by atoms with Gasteiger partial charge >= 0.3 is 0 Å². The van der Waals surface area contributed by atoms with Crippen LogP contribution in [0.2, 0.25) is 0 Å². The van der Waals surface area contributed by atoms with E-state index in [4.69, 9.17) is 0 Å². The highest BCUT2D eigenvalue weighted by atomic mass is 32.2. The molecule has 6 heteroatoms. The highest BCUT2D eigenvalue weighted by Crippen LogP contribution is 2.28. The van der Waals surface area contributed by atoms with Crippen molar-refractivity contribution in [3.63, 3.8) is 0 Å². The maximum atomic E-state index is 13.1. The third-order valence-electron chi connectivity index (χ3n) is 4.31. The summed E-state index contributed by atoms with van der Waals surface area (Å²) >= 11 is 1.42. The third-order valence-corrected chi connectivity index (χ3v) is 5.40. The van der Waals surface area contributed by atoms with E-state index in [0.717, 1.165) is 21.8 Å². The number of nitrogens with zero attached hydrogens (tertiary/aromatic N) is 2. The van der Waals surface area contributed by atoms with E-state index in [1.165, 1.54) is 23.9 Å². The maximum absolute atomic E-state index is 13.1. The average Bonchev–Trinajstić information content (AvgIpc) is 3.00. The van der Waals surface area contributed by atoms with Crippen molar-refractivity contribution in [3.05, 3.63) is 72.6 Å². The van der Waals surface area contributed by atoms with Crippen LogP contribution < -0.4 is 5.32 Å². The number of carbonyl (C=O) groups excluding carboxylic acids is 1. The van der Waals surface area contributed by atoms with E-state index in [2.05, 4.69) is 21.4 Å². The van der Waals surface area contributed by atoms with Gasteiger partial charge in [-0.15, -0.1) is 6.58 Å². The smallest absolute Gasteiger partial charge is 0.233 e. The predicted molar refractivity (Wildman–Crippen MR) is 108 cm³/mol. The van der Waals surface area contributed by atoms with Gasteiger partial charge in [0, 0.05) is 6.54 Å². The van der Waals surface area contributed by atoms with Crippen LogP contribution in [0.1, 0.15) is 25.5 Å². The second-order valence-electron chi connectivity index (χ2n) is 6.32. The number of rotatable bonds is 7. The monoisotopic (exact) mass is 383 g/mol. The Hall–Kier alpha value is -2.60. The molecule has 2 aromatic carbocycles. The van der Waals surface area contributed by atoms with Crippen LogP contribution >= 0.6 is 11.8 Å². The van der Waals surface area contributed by atoms with E-state index in [1.54, 1.807) is 12.1 Å². The lowest BCUT2D eigenvalue weighted by Gasteiger charge is -2.18. The summed E-state index contributed by atoms with van der Waals surface area (Å²) in [6, 6.07) is 13.8. The van der Waals surface area contributed by atoms with Gasteiger partial charge in [0.15, 0.2) is 5.16 Å². The molecule has 0 radical (unpaired) electrons. The number of carbonyl (C=O) groups is 1. The Morgan fingerprint density at radius 2 is 1.96 bits per heavy atom. The van der Waals surface area contributed by atoms with Crippen molar-refractivity contribution in [2.45, 2.75) is 36.8 Å². The molecule has 0 saturated heterocycles. The fourth-order valence-electron chi connectivity index (χ4n) is 2.83. The number of imidazole rings is 1. The molecule has 3 aromatic rings. The van der Waals surface area contributed by atoms with Gasteiger partial charge in [0.1, 0.15) is 5.82 Å². The van der Waals surface area contributed by atoms with Gasteiger partial charge in [0.05, 0.1) is 22.3 Å². The van der Waals surface area contributed by atoms with Crippen molar-refractivity contribution in [2.24, 2.45) is 0 Å². The first-order chi connectivity index (χ1) is 13.0. The lowest BCUT2D eigenvalue weighted by atomic mass is 10.1. The van der Waals surface area contributed by atoms with Crippen molar-refractivity contribution in [3.8, 4) is 0 Å². The van der Waals surface area contributed by atoms with Gasteiger partial charge in [-0.1, -0.05) is 42.1 Å². The fraction of sp³-hybridized carbons (Fsp3) is 0.238. The number of hydrogen-bond acceptors (Lipinski definition) is 3. The number of benzene rings is 2. The Balaban J connectivity index is 1.72. The normalized spacial score (nSPS) is 13.3. The summed E-state index contributed by atoms with van der Waals surface area (Å²) in [4.78, 5) is 17.3. The Morgan fingerprint density at radius 3 is 2.67 bits per heavy atom. The second kappa shape index (κ2) is 8.39. The number of nitrogens with one attached hydrogen (secondary N) is 1. The van der Waals surface area contributed by atoms with Crippen LogP contribution in [-0.4, -0.2) is 20.7 Å². The van der Waals surface area contributed by atoms with Crippen LogP contribution in [0.4, 0.5) is 4.39 Å². The largest absolute Gasteiger partial charge is 0.349 e. The van der Waals surface area contributed by atoms with Gasteiger partial charge in [0.2, 0.25) is 5.91 Å². The van der Waals surface area contributed by atoms with E-state index in [9.17, 15) is 9.18 Å². The Bertz CT molecular complexity index is 952. The first kappa shape index (κ1) is 19.2. The summed E-state index contributed by atoms with van der Waals surface area (Å²) in [7, 11) is 0. The zero-order valence-corrected chi connectivity index (χ0v) is 16.2. The molecule has 0 unspecified atom stereocenters. The molecule has 0 aliphatic rings. The number of hydrogen-bond donors (Lipinski definition) is 1. The Morgan fingerprint density at radius 1 is 1.26 bits per heavy atom. The molecule has 2 atom stereocenters. The Labute approximate surface area is 162 Å². The maximum Gasteiger partial charge on any atom is 0.233 e. The van der Waals surface area contributed by atoms with Crippen molar-refractivity contribution in [2.75, 3.05) is 0 Å². The third kappa shape index (κ3) is 4.39. The van der Waals surface area contributed by atoms with Crippen LogP contribution in [0, 0.1) is 5.82 Å². The van der Waals surface area contributed by atoms with E-state index >= 15 is 0 Å². The number of allylic oxidation sites excluding steroid dienone is 1. The second-order valence-corrected chi connectivity index (χ2v) is 7.63. The molecular formula is C21H22FN3OS. The molecular weight excluding hydrogens is 361 g/mol. The summed E-state index contributed by atoms with van der Waals surface area (Å²) in [6.45, 7) is 8.18. The van der Waals surface area contributed by atoms with Crippen molar-refractivity contribution in [1.82, 2.24) is 14.9 Å². The van der Waals surface area contributed by atoms with E-state index in [0.29, 0.717) is 6.54 Å². The predicted octanol–water partition coefficient (Wildman–Crippen LogP) is 4.72. The van der Waals surface area contributed by atoms with E-state index in [1.807, 2.05) is 44.2 Å². The summed E-state index contributed by atoms with van der Waals surface area (Å²) < 4.78 is 15.1. The SMILES string of the molecule is C=CCn1c(S[C@@H](C)C(=O)N[C@@H](C)c2ccc(F)cc2)nc2ccccc21. The molecule has 1 amide bonds. The minimum Gasteiger partial charge on any atom is -0.349 e. The number of thioether (sulfide) groups is 1. The molecule has 1 heterocycles. The zero-order chi connectivity index (χ0) is 19.4. The molecule has 0 bridgehead atoms. The van der Waals surface area contributed by atoms with Gasteiger partial charge < -0.3 is 9.88 Å². The minimum absolute atomic E-state index is 0.0889. The molecule has 1 aromatic heterocycles. The summed E-state index contributed by atoms with van der Waals surface area (Å²) in [6.07, 6.45) is 1.82. The molecule has 27 heavy (non-hydrogen) atoms. The van der Waals surface area contributed by atoms with Gasteiger partial charge in [-0.2, -0.15) is 0 Å². The summed E-state index contributed by atoms with van der Waals surface area (Å²) in [5.41, 5.74) is 2.78. The van der Waals surface area contributed by atoms with E-state index in [-0.39, 0.29) is 23.0 Å². The molecule has 0 spiro atoms. The quantitative estimate of drug-likeness (QED) is 0.474. The minimum atomic E-state index is -0.326. The van der Waals surface area contributed by atoms with Gasteiger partial charge in [-0.25, -0.2) is 9.37 Å². The van der Waals surface area contributed by atoms with Crippen molar-refractivity contribution < 1.29 is 9.18 Å². The number of aromatic nitrogens is 2. The molecule has 3 rings (SSSR count). The molecule has 1 N–H and O–H groups in total. The first-order valence-corrected chi connectivity index (χ1v) is 9.66. The molecule has 140 valence electrons. The summed E-state index contributed by atoms with van der Waals surface area (Å²) in [5.74, 6) is -0.378. The number of fused-ring (bicyclic) bond motifs is 1. The molecule has 0 aliphatic heterocycles. The van der Waals surface area contributed by atoms with Crippen LogP contribution in [-0.2, 0) is 11.3 Å². The topological polar surface area (TPSA) is 46.9 Å². The number of para-hydroxylation sites is 2. The van der Waals surface area contributed by atoms with Crippen LogP contribution in [0.15, 0.2) is 66.3 Å². The van der Waals surface area contributed by atoms with Crippen molar-refractivity contribution in [1.29, 1.82) is 0 Å². The summed E-state index contributed by atoms with van der Waals surface area (Å²) in [5, 5.41) is 3.44. The Kier molecular flexibility index (Phi) is 5.96. The lowest BCUT2D eigenvalue weighted by molar-refractivity contribution is -0.120. The van der Waals surface area contributed by atoms with Crippen molar-refractivity contribution >= 4 is 28.7 Å². The highest BCUT2D eigenvalue weighted by Gasteiger charge is 2.20. The highest BCUT2D eigenvalue weighted by molar-refractivity contribution is 8.00. The van der Waals surface area contributed by atoms with Gasteiger partial charge in [-0.05, 0) is 43.7 Å². The zero-order valence-electron chi connectivity index (χ0n) is 15.4. The number of amides is 1. The molecule has 0 fully saturated rings.